The minimum absolute atomic E-state index is 0.0393. The number of nitrogens with zero attached hydrogens (tertiary/aromatic N) is 2. The van der Waals surface area contributed by atoms with E-state index in [0.717, 1.165) is 55.7 Å². The third-order valence-corrected chi connectivity index (χ3v) is 5.23. The summed E-state index contributed by atoms with van der Waals surface area (Å²) in [6.07, 6.45) is 2.95. The standard InChI is InChI=1S/C19H23N5O2/c1-12-13(19(26)24-9-2-3-10-24)5-4-6-15(12)21-18(25)17-14-11-20-8-7-16(14)22-23-17/h4-6,20H,2-3,7-11H2,1H3,(H,21,25)(H,22,23). The van der Waals surface area contributed by atoms with Gasteiger partial charge in [0.15, 0.2) is 5.69 Å². The Morgan fingerprint density at radius 2 is 2.04 bits per heavy atom. The zero-order valence-electron chi connectivity index (χ0n) is 14.9. The van der Waals surface area contributed by atoms with Gasteiger partial charge in [-0.25, -0.2) is 0 Å². The van der Waals surface area contributed by atoms with Crippen LogP contribution in [0.4, 0.5) is 5.69 Å². The quantitative estimate of drug-likeness (QED) is 0.785. The molecule has 2 amide bonds. The van der Waals surface area contributed by atoms with Gasteiger partial charge in [-0.3, -0.25) is 14.7 Å². The average Bonchev–Trinajstić information content (AvgIpc) is 3.32. The number of hydrogen-bond acceptors (Lipinski definition) is 4. The van der Waals surface area contributed by atoms with Crippen LogP contribution in [0.25, 0.3) is 0 Å². The second-order valence-electron chi connectivity index (χ2n) is 6.89. The Bertz CT molecular complexity index is 852. The second-order valence-corrected chi connectivity index (χ2v) is 6.89. The highest BCUT2D eigenvalue weighted by Gasteiger charge is 2.24. The Hall–Kier alpha value is -2.67. The number of hydrogen-bond donors (Lipinski definition) is 3. The Kier molecular flexibility index (Phi) is 4.46. The molecule has 0 bridgehead atoms. The number of aromatic nitrogens is 2. The smallest absolute Gasteiger partial charge is 0.276 e. The van der Waals surface area contributed by atoms with Crippen LogP contribution in [-0.2, 0) is 13.0 Å². The van der Waals surface area contributed by atoms with Gasteiger partial charge in [0.1, 0.15) is 0 Å². The van der Waals surface area contributed by atoms with Crippen molar-refractivity contribution in [3.05, 3.63) is 46.3 Å². The van der Waals surface area contributed by atoms with Crippen LogP contribution in [0.2, 0.25) is 0 Å². The van der Waals surface area contributed by atoms with Gasteiger partial charge in [0.25, 0.3) is 11.8 Å². The molecular formula is C19H23N5O2. The maximum atomic E-state index is 12.7. The van der Waals surface area contributed by atoms with Crippen molar-refractivity contribution in [3.63, 3.8) is 0 Å². The topological polar surface area (TPSA) is 90.1 Å². The first-order chi connectivity index (χ1) is 12.6. The van der Waals surface area contributed by atoms with Crippen molar-refractivity contribution < 1.29 is 9.59 Å². The lowest BCUT2D eigenvalue weighted by atomic mass is 10.0. The van der Waals surface area contributed by atoms with Crippen molar-refractivity contribution in [2.45, 2.75) is 32.7 Å². The van der Waals surface area contributed by atoms with Gasteiger partial charge in [-0.1, -0.05) is 6.07 Å². The highest BCUT2D eigenvalue weighted by atomic mass is 16.2. The van der Waals surface area contributed by atoms with Gasteiger partial charge in [-0.2, -0.15) is 5.10 Å². The van der Waals surface area contributed by atoms with E-state index in [4.69, 9.17) is 0 Å². The highest BCUT2D eigenvalue weighted by Crippen LogP contribution is 2.23. The van der Waals surface area contributed by atoms with Crippen LogP contribution in [0.1, 0.15) is 50.5 Å². The molecule has 2 aliphatic rings. The normalized spacial score (nSPS) is 16.4. The second kappa shape index (κ2) is 6.92. The first-order valence-corrected chi connectivity index (χ1v) is 9.12. The maximum absolute atomic E-state index is 12.7. The molecule has 0 unspecified atom stereocenters. The van der Waals surface area contributed by atoms with E-state index < -0.39 is 0 Å². The third-order valence-electron chi connectivity index (χ3n) is 5.23. The van der Waals surface area contributed by atoms with E-state index >= 15 is 0 Å². The average molecular weight is 353 g/mol. The third kappa shape index (κ3) is 2.99. The molecule has 1 fully saturated rings. The molecule has 1 aromatic heterocycles. The Morgan fingerprint density at radius 1 is 1.23 bits per heavy atom. The molecule has 26 heavy (non-hydrogen) atoms. The fourth-order valence-electron chi connectivity index (χ4n) is 3.69. The van der Waals surface area contributed by atoms with Crippen LogP contribution in [0.5, 0.6) is 0 Å². The van der Waals surface area contributed by atoms with Crippen LogP contribution < -0.4 is 10.6 Å². The fourth-order valence-corrected chi connectivity index (χ4v) is 3.69. The van der Waals surface area contributed by atoms with Gasteiger partial charge in [0, 0.05) is 55.1 Å². The molecule has 0 spiro atoms. The molecule has 4 rings (SSSR count). The number of carbonyl (C=O) groups excluding carboxylic acids is 2. The number of fused-ring (bicyclic) bond motifs is 1. The van der Waals surface area contributed by atoms with E-state index in [1.165, 1.54) is 0 Å². The van der Waals surface area contributed by atoms with Crippen LogP contribution in [0.15, 0.2) is 18.2 Å². The molecule has 0 aliphatic carbocycles. The summed E-state index contributed by atoms with van der Waals surface area (Å²) in [4.78, 5) is 27.3. The minimum Gasteiger partial charge on any atom is -0.339 e. The van der Waals surface area contributed by atoms with Gasteiger partial charge in [-0.05, 0) is 37.5 Å². The molecule has 3 N–H and O–H groups in total. The number of amides is 2. The van der Waals surface area contributed by atoms with Crippen molar-refractivity contribution in [3.8, 4) is 0 Å². The summed E-state index contributed by atoms with van der Waals surface area (Å²) in [5, 5.41) is 13.3. The van der Waals surface area contributed by atoms with E-state index in [1.807, 2.05) is 30.0 Å². The van der Waals surface area contributed by atoms with E-state index in [0.29, 0.717) is 23.5 Å². The summed E-state index contributed by atoms with van der Waals surface area (Å²) in [7, 11) is 0. The molecule has 2 aromatic rings. The van der Waals surface area contributed by atoms with Crippen LogP contribution in [0.3, 0.4) is 0 Å². The molecular weight excluding hydrogens is 330 g/mol. The number of H-pyrrole nitrogens is 1. The van der Waals surface area contributed by atoms with Crippen molar-refractivity contribution in [2.24, 2.45) is 0 Å². The number of benzene rings is 1. The maximum Gasteiger partial charge on any atom is 0.276 e. The molecule has 0 radical (unpaired) electrons. The van der Waals surface area contributed by atoms with Crippen LogP contribution in [0, 0.1) is 6.92 Å². The molecule has 136 valence electrons. The van der Waals surface area contributed by atoms with E-state index in [1.54, 1.807) is 0 Å². The lowest BCUT2D eigenvalue weighted by Gasteiger charge is -2.18. The Labute approximate surface area is 152 Å². The number of rotatable bonds is 3. The number of nitrogens with one attached hydrogen (secondary N) is 3. The predicted octanol–water partition coefficient (Wildman–Crippen LogP) is 1.85. The molecule has 2 aliphatic heterocycles. The molecule has 0 saturated carbocycles. The fraction of sp³-hybridized carbons (Fsp3) is 0.421. The number of likely N-dealkylation sites (tertiary alicyclic amines) is 1. The van der Waals surface area contributed by atoms with Crippen molar-refractivity contribution in [1.29, 1.82) is 0 Å². The zero-order chi connectivity index (χ0) is 18.1. The monoisotopic (exact) mass is 353 g/mol. The zero-order valence-corrected chi connectivity index (χ0v) is 14.9. The minimum atomic E-state index is -0.250. The summed E-state index contributed by atoms with van der Waals surface area (Å²) in [5.74, 6) is -0.211. The SMILES string of the molecule is Cc1c(NC(=O)c2n[nH]c3c2CNCC3)cccc1C(=O)N1CCCC1. The van der Waals surface area contributed by atoms with Crippen molar-refractivity contribution >= 4 is 17.5 Å². The van der Waals surface area contributed by atoms with Crippen molar-refractivity contribution in [2.75, 3.05) is 25.0 Å². The molecule has 0 atom stereocenters. The van der Waals surface area contributed by atoms with Crippen LogP contribution in [-0.4, -0.2) is 46.5 Å². The van der Waals surface area contributed by atoms with Crippen molar-refractivity contribution in [1.82, 2.24) is 20.4 Å². The summed E-state index contributed by atoms with van der Waals surface area (Å²) in [6, 6.07) is 5.46. The van der Waals surface area contributed by atoms with E-state index in [2.05, 4.69) is 20.8 Å². The van der Waals surface area contributed by atoms with Gasteiger partial charge >= 0.3 is 0 Å². The van der Waals surface area contributed by atoms with Gasteiger partial charge in [0.2, 0.25) is 0 Å². The van der Waals surface area contributed by atoms with E-state index in [-0.39, 0.29) is 11.8 Å². The molecule has 7 heteroatoms. The molecule has 1 aromatic carbocycles. The molecule has 1 saturated heterocycles. The molecule has 3 heterocycles. The summed E-state index contributed by atoms with van der Waals surface area (Å²) < 4.78 is 0. The lowest BCUT2D eigenvalue weighted by molar-refractivity contribution is 0.0791. The van der Waals surface area contributed by atoms with Crippen LogP contribution >= 0.6 is 0 Å². The Morgan fingerprint density at radius 3 is 2.85 bits per heavy atom. The lowest BCUT2D eigenvalue weighted by Crippen LogP contribution is -2.28. The number of aromatic amines is 1. The Balaban J connectivity index is 1.56. The van der Waals surface area contributed by atoms with Gasteiger partial charge in [-0.15, -0.1) is 0 Å². The molecule has 7 nitrogen and oxygen atoms in total. The first kappa shape index (κ1) is 16.8. The highest BCUT2D eigenvalue weighted by molar-refractivity contribution is 6.06. The first-order valence-electron chi connectivity index (χ1n) is 9.12. The number of anilines is 1. The predicted molar refractivity (Wildman–Crippen MR) is 98.3 cm³/mol. The van der Waals surface area contributed by atoms with Gasteiger partial charge < -0.3 is 15.5 Å². The van der Waals surface area contributed by atoms with E-state index in [9.17, 15) is 9.59 Å². The number of carbonyl (C=O) groups is 2. The summed E-state index contributed by atoms with van der Waals surface area (Å²) in [5.41, 5.74) is 4.46. The summed E-state index contributed by atoms with van der Waals surface area (Å²) >= 11 is 0. The largest absolute Gasteiger partial charge is 0.339 e. The van der Waals surface area contributed by atoms with Gasteiger partial charge in [0.05, 0.1) is 0 Å². The summed E-state index contributed by atoms with van der Waals surface area (Å²) in [6.45, 7) is 5.01.